The SMILES string of the molecule is N#CCN(CC#N)c1ccc(CBr)cc1C(F)(F)F. The first-order chi connectivity index (χ1) is 8.93. The van der Waals surface area contributed by atoms with Crippen molar-refractivity contribution in [2.75, 3.05) is 18.0 Å². The van der Waals surface area contributed by atoms with Gasteiger partial charge in [0.15, 0.2) is 0 Å². The van der Waals surface area contributed by atoms with Gasteiger partial charge in [0.1, 0.15) is 13.1 Å². The number of rotatable bonds is 4. The van der Waals surface area contributed by atoms with Crippen LogP contribution >= 0.6 is 15.9 Å². The Balaban J connectivity index is 3.33. The van der Waals surface area contributed by atoms with Gasteiger partial charge < -0.3 is 4.90 Å². The van der Waals surface area contributed by atoms with E-state index >= 15 is 0 Å². The highest BCUT2D eigenvalue weighted by Crippen LogP contribution is 2.37. The molecule has 1 aromatic carbocycles. The zero-order valence-corrected chi connectivity index (χ0v) is 11.3. The summed E-state index contributed by atoms with van der Waals surface area (Å²) in [5, 5.41) is 17.6. The molecule has 1 aromatic rings. The number of benzene rings is 1. The van der Waals surface area contributed by atoms with Gasteiger partial charge in [-0.3, -0.25) is 0 Å². The van der Waals surface area contributed by atoms with E-state index in [4.69, 9.17) is 10.5 Å². The molecule has 0 radical (unpaired) electrons. The van der Waals surface area contributed by atoms with E-state index in [-0.39, 0.29) is 18.8 Å². The molecule has 0 fully saturated rings. The van der Waals surface area contributed by atoms with E-state index in [9.17, 15) is 13.2 Å². The van der Waals surface area contributed by atoms with Gasteiger partial charge in [-0.25, -0.2) is 0 Å². The second-order valence-corrected chi connectivity index (χ2v) is 4.22. The van der Waals surface area contributed by atoms with Crippen molar-refractivity contribution >= 4 is 21.6 Å². The summed E-state index contributed by atoms with van der Waals surface area (Å²) in [5.74, 6) is 0. The number of nitriles is 2. The average Bonchev–Trinajstić information content (AvgIpc) is 2.37. The third-order valence-electron chi connectivity index (χ3n) is 2.38. The van der Waals surface area contributed by atoms with Crippen LogP contribution in [-0.2, 0) is 11.5 Å². The standard InChI is InChI=1S/C12H9BrF3N3/c13-8-9-1-2-11(10(7-9)12(14,15)16)19(5-3-17)6-4-18/h1-2,7H,5-6,8H2. The van der Waals surface area contributed by atoms with Crippen LogP contribution in [0.15, 0.2) is 18.2 Å². The van der Waals surface area contributed by atoms with E-state index in [1.165, 1.54) is 12.1 Å². The summed E-state index contributed by atoms with van der Waals surface area (Å²) in [7, 11) is 0. The van der Waals surface area contributed by atoms with Gasteiger partial charge in [0.2, 0.25) is 0 Å². The Morgan fingerprint density at radius 3 is 2.16 bits per heavy atom. The lowest BCUT2D eigenvalue weighted by molar-refractivity contribution is -0.137. The van der Waals surface area contributed by atoms with Crippen LogP contribution in [-0.4, -0.2) is 13.1 Å². The molecule has 0 spiro atoms. The normalized spacial score (nSPS) is 10.6. The number of hydrogen-bond donors (Lipinski definition) is 0. The maximum Gasteiger partial charge on any atom is 0.418 e. The van der Waals surface area contributed by atoms with Crippen LogP contribution in [0.2, 0.25) is 0 Å². The van der Waals surface area contributed by atoms with Crippen molar-refractivity contribution in [3.05, 3.63) is 29.3 Å². The second-order valence-electron chi connectivity index (χ2n) is 3.66. The Kier molecular flexibility index (Phi) is 5.20. The fraction of sp³-hybridized carbons (Fsp3) is 0.333. The quantitative estimate of drug-likeness (QED) is 0.627. The number of hydrogen-bond acceptors (Lipinski definition) is 3. The number of halogens is 4. The number of alkyl halides is 4. The van der Waals surface area contributed by atoms with Crippen molar-refractivity contribution in [3.63, 3.8) is 0 Å². The highest BCUT2D eigenvalue weighted by molar-refractivity contribution is 9.08. The van der Waals surface area contributed by atoms with Crippen molar-refractivity contribution in [2.24, 2.45) is 0 Å². The first-order valence-electron chi connectivity index (χ1n) is 5.19. The third kappa shape index (κ3) is 3.87. The maximum absolute atomic E-state index is 13.0. The predicted octanol–water partition coefficient (Wildman–Crippen LogP) is 3.45. The molecule has 100 valence electrons. The van der Waals surface area contributed by atoms with E-state index in [0.29, 0.717) is 10.9 Å². The Labute approximate surface area is 117 Å². The number of anilines is 1. The van der Waals surface area contributed by atoms with Gasteiger partial charge in [-0.2, -0.15) is 23.7 Å². The van der Waals surface area contributed by atoms with E-state index in [1.807, 2.05) is 0 Å². The van der Waals surface area contributed by atoms with Crippen molar-refractivity contribution < 1.29 is 13.2 Å². The fourth-order valence-electron chi connectivity index (χ4n) is 1.57. The molecule has 0 aliphatic rings. The molecule has 0 saturated heterocycles. The minimum Gasteiger partial charge on any atom is -0.344 e. The van der Waals surface area contributed by atoms with Crippen LogP contribution in [0.3, 0.4) is 0 Å². The van der Waals surface area contributed by atoms with Crippen LogP contribution in [0.1, 0.15) is 11.1 Å². The molecule has 0 atom stereocenters. The smallest absolute Gasteiger partial charge is 0.344 e. The zero-order chi connectivity index (χ0) is 14.5. The summed E-state index contributed by atoms with van der Waals surface area (Å²) < 4.78 is 39.0. The molecular weight excluding hydrogens is 323 g/mol. The second kappa shape index (κ2) is 6.44. The molecule has 0 unspecified atom stereocenters. The van der Waals surface area contributed by atoms with Crippen LogP contribution in [0.25, 0.3) is 0 Å². The fourth-order valence-corrected chi connectivity index (χ4v) is 1.91. The van der Waals surface area contributed by atoms with Crippen molar-refractivity contribution in [1.82, 2.24) is 0 Å². The van der Waals surface area contributed by atoms with Crippen molar-refractivity contribution in [1.29, 1.82) is 10.5 Å². The Bertz CT molecular complexity index is 512. The topological polar surface area (TPSA) is 50.8 Å². The lowest BCUT2D eigenvalue weighted by Gasteiger charge is -2.23. The van der Waals surface area contributed by atoms with Gasteiger partial charge >= 0.3 is 6.18 Å². The Hall–Kier alpha value is -1.73. The lowest BCUT2D eigenvalue weighted by Crippen LogP contribution is -2.26. The van der Waals surface area contributed by atoms with Gasteiger partial charge in [0.05, 0.1) is 23.4 Å². The largest absolute Gasteiger partial charge is 0.418 e. The molecule has 0 N–H and O–H groups in total. The van der Waals surface area contributed by atoms with E-state index in [2.05, 4.69) is 15.9 Å². The molecule has 1 rings (SSSR count). The molecular formula is C12H9BrF3N3. The third-order valence-corrected chi connectivity index (χ3v) is 3.03. The van der Waals surface area contributed by atoms with Crippen LogP contribution in [0.5, 0.6) is 0 Å². The zero-order valence-electron chi connectivity index (χ0n) is 9.71. The highest BCUT2D eigenvalue weighted by Gasteiger charge is 2.35. The first-order valence-corrected chi connectivity index (χ1v) is 6.31. The molecule has 0 aromatic heterocycles. The Morgan fingerprint density at radius 1 is 1.16 bits per heavy atom. The van der Waals surface area contributed by atoms with Gasteiger partial charge in [-0.05, 0) is 17.7 Å². The molecule has 0 bridgehead atoms. The highest BCUT2D eigenvalue weighted by atomic mass is 79.9. The molecule has 0 saturated carbocycles. The number of nitrogens with zero attached hydrogens (tertiary/aromatic N) is 3. The van der Waals surface area contributed by atoms with Crippen LogP contribution in [0.4, 0.5) is 18.9 Å². The minimum atomic E-state index is -4.53. The summed E-state index contributed by atoms with van der Waals surface area (Å²) in [6.45, 7) is -0.547. The molecule has 0 amide bonds. The van der Waals surface area contributed by atoms with Gasteiger partial charge in [0.25, 0.3) is 0 Å². The molecule has 7 heteroatoms. The van der Waals surface area contributed by atoms with Gasteiger partial charge in [-0.15, -0.1) is 0 Å². The van der Waals surface area contributed by atoms with Crippen LogP contribution < -0.4 is 4.90 Å². The minimum absolute atomic E-state index is 0.152. The van der Waals surface area contributed by atoms with Gasteiger partial charge in [-0.1, -0.05) is 22.0 Å². The maximum atomic E-state index is 13.0. The lowest BCUT2D eigenvalue weighted by atomic mass is 10.1. The molecule has 0 aliphatic carbocycles. The first kappa shape index (κ1) is 15.3. The van der Waals surface area contributed by atoms with Crippen molar-refractivity contribution in [2.45, 2.75) is 11.5 Å². The summed E-state index contributed by atoms with van der Waals surface area (Å²) in [5.41, 5.74) is -0.514. The van der Waals surface area contributed by atoms with E-state index < -0.39 is 11.7 Å². The molecule has 3 nitrogen and oxygen atoms in total. The summed E-state index contributed by atoms with van der Waals surface area (Å²) in [4.78, 5) is 1.10. The predicted molar refractivity (Wildman–Crippen MR) is 67.5 cm³/mol. The van der Waals surface area contributed by atoms with Gasteiger partial charge in [0, 0.05) is 5.33 Å². The summed E-state index contributed by atoms with van der Waals surface area (Å²) in [6, 6.07) is 7.35. The summed E-state index contributed by atoms with van der Waals surface area (Å²) >= 11 is 3.10. The summed E-state index contributed by atoms with van der Waals surface area (Å²) in [6.07, 6.45) is -4.53. The molecule has 19 heavy (non-hydrogen) atoms. The van der Waals surface area contributed by atoms with Crippen LogP contribution in [0, 0.1) is 22.7 Å². The average molecular weight is 332 g/mol. The van der Waals surface area contributed by atoms with Crippen molar-refractivity contribution in [3.8, 4) is 12.1 Å². The Morgan fingerprint density at radius 2 is 1.74 bits per heavy atom. The molecule has 0 heterocycles. The molecule has 0 aliphatic heterocycles. The van der Waals surface area contributed by atoms with E-state index in [1.54, 1.807) is 12.1 Å². The van der Waals surface area contributed by atoms with E-state index in [0.717, 1.165) is 11.0 Å². The monoisotopic (exact) mass is 331 g/mol.